The van der Waals surface area contributed by atoms with E-state index in [2.05, 4.69) is 11.6 Å². The molecule has 0 saturated carbocycles. The topological polar surface area (TPSA) is 57.4 Å². The molecule has 0 fully saturated rings. The van der Waals surface area contributed by atoms with Gasteiger partial charge in [-0.15, -0.1) is 0 Å². The lowest BCUT2D eigenvalue weighted by Gasteiger charge is -2.15. The first-order valence-electron chi connectivity index (χ1n) is 5.48. The largest absolute Gasteiger partial charge is 0.488 e. The molecule has 0 spiro atoms. The fraction of sp³-hybridized carbons (Fsp3) is 0.417. The van der Waals surface area contributed by atoms with Gasteiger partial charge in [0.2, 0.25) is 0 Å². The summed E-state index contributed by atoms with van der Waals surface area (Å²) in [4.78, 5) is 3.91. The minimum Gasteiger partial charge on any atom is -0.488 e. The predicted molar refractivity (Wildman–Crippen MR) is 63.9 cm³/mol. The van der Waals surface area contributed by atoms with Crippen LogP contribution in [0.5, 0.6) is 11.6 Å². The van der Waals surface area contributed by atoms with E-state index in [1.807, 2.05) is 0 Å². The van der Waals surface area contributed by atoms with Crippen molar-refractivity contribution in [3.8, 4) is 11.6 Å². The highest BCUT2D eigenvalue weighted by Crippen LogP contribution is 2.27. The molecule has 0 radical (unpaired) electrons. The molecule has 6 heteroatoms. The standard InChI is InChI=1S/C12H16F2N2O2/c1-3-12(13,14)8-18-11-10(17-4-2)5-9(6-15)7-16-11/h3,5,7H,1,4,6,8,15H2,2H3. The third-order valence-corrected chi connectivity index (χ3v) is 2.11. The number of alkyl halides is 2. The fourth-order valence-corrected chi connectivity index (χ4v) is 1.17. The summed E-state index contributed by atoms with van der Waals surface area (Å²) >= 11 is 0. The van der Waals surface area contributed by atoms with E-state index in [4.69, 9.17) is 15.2 Å². The number of aromatic nitrogens is 1. The Balaban J connectivity index is 2.83. The van der Waals surface area contributed by atoms with Crippen LogP contribution in [0.4, 0.5) is 8.78 Å². The van der Waals surface area contributed by atoms with Crippen molar-refractivity contribution in [2.45, 2.75) is 19.4 Å². The molecular weight excluding hydrogens is 242 g/mol. The Morgan fingerprint density at radius 2 is 2.22 bits per heavy atom. The van der Waals surface area contributed by atoms with Gasteiger partial charge >= 0.3 is 0 Å². The SMILES string of the molecule is C=CC(F)(F)COc1ncc(CN)cc1OCC. The zero-order valence-electron chi connectivity index (χ0n) is 10.2. The van der Waals surface area contributed by atoms with Crippen molar-refractivity contribution in [2.24, 2.45) is 5.73 Å². The number of nitrogens with zero attached hydrogens (tertiary/aromatic N) is 1. The van der Waals surface area contributed by atoms with Gasteiger partial charge in [0.15, 0.2) is 12.4 Å². The van der Waals surface area contributed by atoms with Crippen LogP contribution in [0.1, 0.15) is 12.5 Å². The molecule has 1 rings (SSSR count). The van der Waals surface area contributed by atoms with E-state index in [0.29, 0.717) is 18.4 Å². The maximum absolute atomic E-state index is 13.0. The molecule has 4 nitrogen and oxygen atoms in total. The van der Waals surface area contributed by atoms with Crippen LogP contribution in [0.2, 0.25) is 0 Å². The lowest BCUT2D eigenvalue weighted by atomic mass is 10.3. The van der Waals surface area contributed by atoms with Crippen molar-refractivity contribution < 1.29 is 18.3 Å². The first-order valence-corrected chi connectivity index (χ1v) is 5.48. The van der Waals surface area contributed by atoms with E-state index in [9.17, 15) is 8.78 Å². The highest BCUT2D eigenvalue weighted by Gasteiger charge is 2.26. The molecule has 1 aromatic heterocycles. The van der Waals surface area contributed by atoms with Crippen LogP contribution in [0.25, 0.3) is 0 Å². The summed E-state index contributed by atoms with van der Waals surface area (Å²) in [6, 6.07) is 1.62. The molecule has 1 heterocycles. The quantitative estimate of drug-likeness (QED) is 0.761. The lowest BCUT2D eigenvalue weighted by molar-refractivity contribution is 0.00298. The fourth-order valence-electron chi connectivity index (χ4n) is 1.17. The molecule has 1 aromatic rings. The van der Waals surface area contributed by atoms with Crippen LogP contribution in [0, 0.1) is 0 Å². The average Bonchev–Trinajstić information content (AvgIpc) is 2.37. The first kappa shape index (κ1) is 14.4. The molecule has 0 saturated heterocycles. The summed E-state index contributed by atoms with van der Waals surface area (Å²) in [6.07, 6.45) is 1.99. The second kappa shape index (κ2) is 6.30. The zero-order chi connectivity index (χ0) is 13.6. The summed E-state index contributed by atoms with van der Waals surface area (Å²) in [7, 11) is 0. The van der Waals surface area contributed by atoms with Crippen molar-refractivity contribution in [2.75, 3.05) is 13.2 Å². The minimum absolute atomic E-state index is 0.0237. The predicted octanol–water partition coefficient (Wildman–Crippen LogP) is 2.14. The first-order chi connectivity index (χ1) is 8.52. The molecule has 0 aromatic carbocycles. The van der Waals surface area contributed by atoms with E-state index in [1.165, 1.54) is 6.20 Å². The van der Waals surface area contributed by atoms with E-state index in [-0.39, 0.29) is 12.4 Å². The number of halogens is 2. The van der Waals surface area contributed by atoms with Crippen LogP contribution in [-0.2, 0) is 6.54 Å². The molecular formula is C12H16F2N2O2. The van der Waals surface area contributed by atoms with Gasteiger partial charge < -0.3 is 15.2 Å². The Kier molecular flexibility index (Phi) is 5.03. The van der Waals surface area contributed by atoms with Crippen LogP contribution < -0.4 is 15.2 Å². The van der Waals surface area contributed by atoms with Gasteiger partial charge in [0.05, 0.1) is 6.61 Å². The van der Waals surface area contributed by atoms with Gasteiger partial charge in [0.1, 0.15) is 0 Å². The Labute approximate surface area is 104 Å². The van der Waals surface area contributed by atoms with Gasteiger partial charge in [-0.05, 0) is 24.6 Å². The lowest BCUT2D eigenvalue weighted by Crippen LogP contribution is -2.23. The molecule has 0 amide bonds. The third kappa shape index (κ3) is 3.96. The summed E-state index contributed by atoms with van der Waals surface area (Å²) in [6.45, 7) is 4.65. The molecule has 0 aliphatic rings. The molecule has 0 atom stereocenters. The van der Waals surface area contributed by atoms with Crippen molar-refractivity contribution in [1.29, 1.82) is 0 Å². The molecule has 0 aliphatic heterocycles. The number of rotatable bonds is 7. The highest BCUT2D eigenvalue weighted by atomic mass is 19.3. The number of pyridine rings is 1. The van der Waals surface area contributed by atoms with E-state index >= 15 is 0 Å². The molecule has 0 aliphatic carbocycles. The second-order valence-electron chi connectivity index (χ2n) is 3.54. The minimum atomic E-state index is -3.10. The highest BCUT2D eigenvalue weighted by molar-refractivity contribution is 5.36. The molecule has 2 N–H and O–H groups in total. The van der Waals surface area contributed by atoms with Crippen LogP contribution in [0.3, 0.4) is 0 Å². The Bertz CT molecular complexity index is 411. The summed E-state index contributed by atoms with van der Waals surface area (Å²) in [5.41, 5.74) is 6.20. The maximum atomic E-state index is 13.0. The second-order valence-corrected chi connectivity index (χ2v) is 3.54. The zero-order valence-corrected chi connectivity index (χ0v) is 10.2. The molecule has 18 heavy (non-hydrogen) atoms. The number of nitrogens with two attached hydrogens (primary N) is 1. The molecule has 100 valence electrons. The van der Waals surface area contributed by atoms with Gasteiger partial charge in [0, 0.05) is 12.7 Å². The van der Waals surface area contributed by atoms with Crippen molar-refractivity contribution in [3.63, 3.8) is 0 Å². The molecule has 0 bridgehead atoms. The maximum Gasteiger partial charge on any atom is 0.299 e. The molecule has 0 unspecified atom stereocenters. The van der Waals surface area contributed by atoms with Crippen molar-refractivity contribution >= 4 is 0 Å². The average molecular weight is 258 g/mol. The smallest absolute Gasteiger partial charge is 0.299 e. The number of hydrogen-bond acceptors (Lipinski definition) is 4. The van der Waals surface area contributed by atoms with Crippen molar-refractivity contribution in [3.05, 3.63) is 30.5 Å². The Morgan fingerprint density at radius 1 is 1.50 bits per heavy atom. The van der Waals surface area contributed by atoms with Gasteiger partial charge in [-0.25, -0.2) is 4.98 Å². The third-order valence-electron chi connectivity index (χ3n) is 2.11. The summed E-state index contributed by atoms with van der Waals surface area (Å²) in [5, 5.41) is 0. The van der Waals surface area contributed by atoms with Gasteiger partial charge in [-0.2, -0.15) is 8.78 Å². The Morgan fingerprint density at radius 3 is 2.78 bits per heavy atom. The van der Waals surface area contributed by atoms with Gasteiger partial charge in [0.25, 0.3) is 11.8 Å². The van der Waals surface area contributed by atoms with Gasteiger partial charge in [-0.3, -0.25) is 0 Å². The summed E-state index contributed by atoms with van der Waals surface area (Å²) < 4.78 is 36.2. The monoisotopic (exact) mass is 258 g/mol. The van der Waals surface area contributed by atoms with Crippen molar-refractivity contribution in [1.82, 2.24) is 4.98 Å². The van der Waals surface area contributed by atoms with E-state index in [1.54, 1.807) is 13.0 Å². The van der Waals surface area contributed by atoms with E-state index < -0.39 is 12.5 Å². The van der Waals surface area contributed by atoms with E-state index in [0.717, 1.165) is 5.56 Å². The Hall–Kier alpha value is -1.69. The van der Waals surface area contributed by atoms with Gasteiger partial charge in [-0.1, -0.05) is 6.58 Å². The van der Waals surface area contributed by atoms with Crippen LogP contribution in [0.15, 0.2) is 24.9 Å². The van der Waals surface area contributed by atoms with Crippen LogP contribution >= 0.6 is 0 Å². The van der Waals surface area contributed by atoms with Crippen LogP contribution in [-0.4, -0.2) is 24.1 Å². The normalized spacial score (nSPS) is 11.1. The number of hydrogen-bond donors (Lipinski definition) is 1. The number of ether oxygens (including phenoxy) is 2. The summed E-state index contributed by atoms with van der Waals surface area (Å²) in [5.74, 6) is -2.77.